The van der Waals surface area contributed by atoms with E-state index in [9.17, 15) is 17.6 Å². The Kier molecular flexibility index (Phi) is 4.16. The fourth-order valence-electron chi connectivity index (χ4n) is 0.314. The minimum atomic E-state index is -4.16. The number of hydrogen-bond acceptors (Lipinski definition) is 3. The molecule has 0 saturated heterocycles. The molecule has 2 N–H and O–H groups in total. The van der Waals surface area contributed by atoms with Crippen LogP contribution in [0.2, 0.25) is 0 Å². The van der Waals surface area contributed by atoms with Gasteiger partial charge in [0.05, 0.1) is 5.41 Å². The third-order valence-electron chi connectivity index (χ3n) is 0.655. The van der Waals surface area contributed by atoms with Gasteiger partial charge in [-0.25, -0.2) is 4.79 Å². The molecule has 12 heavy (non-hydrogen) atoms. The van der Waals surface area contributed by atoms with Crippen LogP contribution in [0.5, 0.6) is 0 Å². The molecule has 0 heterocycles. The predicted octanol–water partition coefficient (Wildman–Crippen LogP) is 0.581. The van der Waals surface area contributed by atoms with E-state index in [0.29, 0.717) is 5.41 Å². The second kappa shape index (κ2) is 4.62. The van der Waals surface area contributed by atoms with E-state index in [-0.39, 0.29) is 0 Å². The number of carbonyl (C=O) groups is 1. The maximum absolute atomic E-state index is 11.4. The first-order chi connectivity index (χ1) is 5.42. The Morgan fingerprint density at radius 3 is 2.42 bits per heavy atom. The molecule has 0 aliphatic rings. The normalized spacial score (nSPS) is 12.5. The van der Waals surface area contributed by atoms with Gasteiger partial charge < -0.3 is 5.32 Å². The molecule has 5 nitrogen and oxygen atoms in total. The Hall–Kier alpha value is -1.21. The Labute approximate surface area is 68.3 Å². The first-order valence-corrected chi connectivity index (χ1v) is 4.19. The van der Waals surface area contributed by atoms with Crippen molar-refractivity contribution in [3.63, 3.8) is 0 Å². The summed E-state index contributed by atoms with van der Waals surface area (Å²) >= 11 is 0. The van der Waals surface area contributed by atoms with Crippen LogP contribution in [0.25, 0.3) is 0 Å². The average Bonchev–Trinajstić information content (AvgIpc) is 1.83. The second-order valence-electron chi connectivity index (χ2n) is 1.62. The molecular formula is C5H6FNO4S. The van der Waals surface area contributed by atoms with E-state index in [4.69, 9.17) is 4.55 Å². The van der Waals surface area contributed by atoms with Crippen molar-refractivity contribution in [2.24, 2.45) is 0 Å². The summed E-state index contributed by atoms with van der Waals surface area (Å²) in [7, 11) is -4.16. The molecule has 68 valence electrons. The van der Waals surface area contributed by atoms with Gasteiger partial charge in [-0.05, 0) is 12.2 Å². The summed E-state index contributed by atoms with van der Waals surface area (Å²) < 4.78 is 39.5. The molecule has 0 aromatic rings. The van der Waals surface area contributed by atoms with Gasteiger partial charge in [-0.3, -0.25) is 4.55 Å². The maximum atomic E-state index is 11.4. The minimum absolute atomic E-state index is 0.480. The highest BCUT2D eigenvalue weighted by molar-refractivity contribution is 7.88. The third kappa shape index (κ3) is 8.79. The van der Waals surface area contributed by atoms with Gasteiger partial charge in [0.25, 0.3) is 10.1 Å². The van der Waals surface area contributed by atoms with Crippen LogP contribution in [0.15, 0.2) is 23.8 Å². The van der Waals surface area contributed by atoms with Gasteiger partial charge in [-0.2, -0.15) is 8.42 Å². The smallest absolute Gasteiger partial charge is 0.304 e. The number of rotatable bonds is 3. The molecule has 0 atom stereocenters. The van der Waals surface area contributed by atoms with Crippen LogP contribution >= 0.6 is 0 Å². The van der Waals surface area contributed by atoms with E-state index in [1.807, 2.05) is 0 Å². The van der Waals surface area contributed by atoms with Gasteiger partial charge in [0.1, 0.15) is 0 Å². The summed E-state index contributed by atoms with van der Waals surface area (Å²) in [5, 5.41) is 2.10. The molecule has 0 radical (unpaired) electrons. The first kappa shape index (κ1) is 10.8. The molecule has 0 aromatic carbocycles. The summed E-state index contributed by atoms with van der Waals surface area (Å²) in [6.45, 7) is 0. The van der Waals surface area contributed by atoms with E-state index in [0.717, 1.165) is 18.4 Å². The van der Waals surface area contributed by atoms with Crippen LogP contribution in [0, 0.1) is 0 Å². The van der Waals surface area contributed by atoms with Crippen LogP contribution in [-0.4, -0.2) is 19.1 Å². The molecular weight excluding hydrogens is 189 g/mol. The number of nitrogens with one attached hydrogen (secondary N) is 1. The van der Waals surface area contributed by atoms with Crippen molar-refractivity contribution in [1.29, 1.82) is 0 Å². The Balaban J connectivity index is 3.91. The summed E-state index contributed by atoms with van der Waals surface area (Å²) in [4.78, 5) is 9.58. The highest BCUT2D eigenvalue weighted by atomic mass is 32.2. The quantitative estimate of drug-likeness (QED) is 0.298. The summed E-state index contributed by atoms with van der Waals surface area (Å²) in [6, 6.07) is 0. The van der Waals surface area contributed by atoms with E-state index < -0.39 is 16.3 Å². The number of halogens is 1. The fraction of sp³-hybridized carbons (Fsp3) is 0. The summed E-state index contributed by atoms with van der Waals surface area (Å²) in [5.74, 6) is 0. The Morgan fingerprint density at radius 1 is 1.42 bits per heavy atom. The topological polar surface area (TPSA) is 83.5 Å². The molecule has 1 amide bonds. The van der Waals surface area contributed by atoms with E-state index >= 15 is 0 Å². The van der Waals surface area contributed by atoms with Crippen molar-refractivity contribution in [1.82, 2.24) is 5.32 Å². The first-order valence-electron chi connectivity index (χ1n) is 2.68. The Bertz CT molecular complexity index is 305. The zero-order chi connectivity index (χ0) is 9.61. The number of allylic oxidation sites excluding steroid dienone is 2. The van der Waals surface area contributed by atoms with Gasteiger partial charge in [-0.15, -0.1) is 4.39 Å². The molecule has 0 fully saturated rings. The van der Waals surface area contributed by atoms with Crippen LogP contribution in [0.3, 0.4) is 0 Å². The van der Waals surface area contributed by atoms with Crippen molar-refractivity contribution in [3.8, 4) is 0 Å². The Morgan fingerprint density at radius 2 is 2.00 bits per heavy atom. The highest BCUT2D eigenvalue weighted by Gasteiger charge is 1.92. The van der Waals surface area contributed by atoms with E-state index in [1.54, 1.807) is 5.32 Å². The molecule has 0 bridgehead atoms. The minimum Gasteiger partial charge on any atom is -0.304 e. The lowest BCUT2D eigenvalue weighted by atomic mass is 10.6. The molecule has 0 saturated carbocycles. The molecule has 7 heteroatoms. The van der Waals surface area contributed by atoms with E-state index in [2.05, 4.69) is 0 Å². The zero-order valence-electron chi connectivity index (χ0n) is 5.77. The van der Waals surface area contributed by atoms with Gasteiger partial charge >= 0.3 is 6.16 Å². The van der Waals surface area contributed by atoms with Gasteiger partial charge in [0.2, 0.25) is 0 Å². The lowest BCUT2D eigenvalue weighted by Gasteiger charge is -1.83. The van der Waals surface area contributed by atoms with Gasteiger partial charge in [0, 0.05) is 6.20 Å². The standard InChI is InChI=1S/C5H6FNO4S/c6-5(8)7-3-1-2-4-12(9,10)11/h1-4H,(H,7,8)(H,9,10,11)/b3-1+,4-2+. The third-order valence-corrected chi connectivity index (χ3v) is 1.16. The SMILES string of the molecule is O=C(F)N/C=C/C=C/S(=O)(=O)O. The van der Waals surface area contributed by atoms with Crippen LogP contribution in [-0.2, 0) is 10.1 Å². The lowest BCUT2D eigenvalue weighted by Crippen LogP contribution is -2.07. The highest BCUT2D eigenvalue weighted by Crippen LogP contribution is 1.84. The van der Waals surface area contributed by atoms with Crippen LogP contribution in [0.4, 0.5) is 9.18 Å². The molecule has 0 aromatic heterocycles. The van der Waals surface area contributed by atoms with Gasteiger partial charge in [0.15, 0.2) is 0 Å². The molecule has 0 aliphatic carbocycles. The van der Waals surface area contributed by atoms with Crippen LogP contribution < -0.4 is 5.32 Å². The summed E-state index contributed by atoms with van der Waals surface area (Å²) in [5.41, 5.74) is 0. The van der Waals surface area contributed by atoms with Crippen molar-refractivity contribution in [3.05, 3.63) is 23.8 Å². The predicted molar refractivity (Wildman–Crippen MR) is 39.5 cm³/mol. The second-order valence-corrected chi connectivity index (χ2v) is 2.92. The van der Waals surface area contributed by atoms with Crippen molar-refractivity contribution in [2.45, 2.75) is 0 Å². The lowest BCUT2D eigenvalue weighted by molar-refractivity contribution is 0.225. The molecule has 0 unspecified atom stereocenters. The van der Waals surface area contributed by atoms with Crippen LogP contribution in [0.1, 0.15) is 0 Å². The largest absolute Gasteiger partial charge is 0.401 e. The number of carbonyl (C=O) groups excluding carboxylic acids is 1. The fourth-order valence-corrected chi connectivity index (χ4v) is 0.603. The molecule has 0 rings (SSSR count). The van der Waals surface area contributed by atoms with Crippen molar-refractivity contribution in [2.75, 3.05) is 0 Å². The van der Waals surface area contributed by atoms with E-state index in [1.165, 1.54) is 0 Å². The van der Waals surface area contributed by atoms with Crippen molar-refractivity contribution >= 4 is 16.3 Å². The average molecular weight is 195 g/mol. The number of amides is 1. The number of hydrogen-bond donors (Lipinski definition) is 2. The maximum Gasteiger partial charge on any atom is 0.401 e. The molecule has 0 spiro atoms. The molecule has 0 aliphatic heterocycles. The van der Waals surface area contributed by atoms with Gasteiger partial charge in [-0.1, -0.05) is 0 Å². The van der Waals surface area contributed by atoms with Crippen molar-refractivity contribution < 1.29 is 22.2 Å². The monoisotopic (exact) mass is 195 g/mol. The zero-order valence-corrected chi connectivity index (χ0v) is 6.58. The summed E-state index contributed by atoms with van der Waals surface area (Å²) in [6.07, 6.45) is 1.08.